The van der Waals surface area contributed by atoms with Gasteiger partial charge in [0.1, 0.15) is 5.60 Å². The molecule has 0 bridgehead atoms. The van der Waals surface area contributed by atoms with Crippen LogP contribution in [0.15, 0.2) is 34.7 Å². The molecular weight excluding hydrogens is 234 g/mol. The van der Waals surface area contributed by atoms with Crippen LogP contribution in [0.25, 0.3) is 0 Å². The van der Waals surface area contributed by atoms with Crippen molar-refractivity contribution in [3.05, 3.63) is 35.9 Å². The minimum atomic E-state index is -0.475. The Kier molecular flexibility index (Phi) is 4.87. The first-order valence-corrected chi connectivity index (χ1v) is 7.24. The third kappa shape index (κ3) is 6.22. The summed E-state index contributed by atoms with van der Waals surface area (Å²) in [6.07, 6.45) is 1.47. The van der Waals surface area contributed by atoms with E-state index in [4.69, 9.17) is 4.74 Å². The summed E-state index contributed by atoms with van der Waals surface area (Å²) < 4.78 is 9.17. The van der Waals surface area contributed by atoms with Crippen molar-refractivity contribution in [1.29, 1.82) is 0 Å². The predicted molar refractivity (Wildman–Crippen MR) is 72.1 cm³/mol. The average Bonchev–Trinajstić information content (AvgIpc) is 2.15. The van der Waals surface area contributed by atoms with Gasteiger partial charge in [0.15, 0.2) is 0 Å². The minimum absolute atomic E-state index is 0.335. The van der Waals surface area contributed by atoms with E-state index in [1.807, 2.05) is 57.4 Å². The van der Waals surface area contributed by atoms with Gasteiger partial charge < -0.3 is 4.74 Å². The molecule has 4 heteroatoms. The van der Waals surface area contributed by atoms with Crippen molar-refractivity contribution < 1.29 is 9.53 Å². The maximum atomic E-state index is 11.5. The fraction of sp³-hybridized carbons (Fsp3) is 0.462. The van der Waals surface area contributed by atoms with E-state index in [-0.39, 0.29) is 10.7 Å². The Morgan fingerprint density at radius 3 is 2.41 bits per heavy atom. The highest BCUT2D eigenvalue weighted by molar-refractivity contribution is 7.86. The molecule has 0 aliphatic carbocycles. The van der Waals surface area contributed by atoms with Gasteiger partial charge in [-0.1, -0.05) is 41.0 Å². The molecule has 1 unspecified atom stereocenters. The van der Waals surface area contributed by atoms with E-state index in [2.05, 4.69) is 4.36 Å². The molecule has 0 spiro atoms. The highest BCUT2D eigenvalue weighted by atomic mass is 32.2. The molecule has 17 heavy (non-hydrogen) atoms. The molecule has 0 saturated heterocycles. The summed E-state index contributed by atoms with van der Waals surface area (Å²) in [6, 6.07) is 10.0. The fourth-order valence-corrected chi connectivity index (χ4v) is 2.29. The molecule has 1 aromatic rings. The Balaban J connectivity index is 2.58. The van der Waals surface area contributed by atoms with Crippen LogP contribution in [0.3, 0.4) is 0 Å². The zero-order valence-electron chi connectivity index (χ0n) is 10.8. The lowest BCUT2D eigenvalue weighted by Crippen LogP contribution is -2.22. The summed E-state index contributed by atoms with van der Waals surface area (Å²) in [6.45, 7) is 5.52. The van der Waals surface area contributed by atoms with Crippen molar-refractivity contribution in [3.63, 3.8) is 0 Å². The van der Waals surface area contributed by atoms with Crippen molar-refractivity contribution in [1.82, 2.24) is 0 Å². The van der Waals surface area contributed by atoms with E-state index >= 15 is 0 Å². The van der Waals surface area contributed by atoms with Crippen molar-refractivity contribution in [3.8, 4) is 0 Å². The summed E-state index contributed by atoms with van der Waals surface area (Å²) in [4.78, 5) is 11.5. The normalized spacial score (nSPS) is 13.4. The Labute approximate surface area is 105 Å². The summed E-state index contributed by atoms with van der Waals surface area (Å²) in [5, 5.41) is 0. The monoisotopic (exact) mass is 253 g/mol. The Hall–Kier alpha value is -1.16. The SMILES string of the molecule is C/S(Cc1ccccc1)=N\C(=O)OC(C)(C)C. The number of rotatable bonds is 2. The fourth-order valence-electron chi connectivity index (χ4n) is 1.26. The van der Waals surface area contributed by atoms with Crippen molar-refractivity contribution in [2.24, 2.45) is 4.36 Å². The van der Waals surface area contributed by atoms with Crippen LogP contribution in [0.2, 0.25) is 0 Å². The number of ether oxygens (including phenoxy) is 1. The zero-order valence-corrected chi connectivity index (χ0v) is 11.6. The molecule has 1 atom stereocenters. The van der Waals surface area contributed by atoms with Crippen LogP contribution < -0.4 is 0 Å². The second kappa shape index (κ2) is 5.96. The van der Waals surface area contributed by atoms with E-state index in [9.17, 15) is 4.79 Å². The lowest BCUT2D eigenvalue weighted by Gasteiger charge is -2.17. The Morgan fingerprint density at radius 2 is 1.88 bits per heavy atom. The number of nitrogens with zero attached hydrogens (tertiary/aromatic N) is 1. The van der Waals surface area contributed by atoms with Gasteiger partial charge in [0.25, 0.3) is 0 Å². The first-order chi connectivity index (χ1) is 7.87. The quantitative estimate of drug-likeness (QED) is 0.808. The molecule has 3 nitrogen and oxygen atoms in total. The van der Waals surface area contributed by atoms with Crippen molar-refractivity contribution in [2.75, 3.05) is 6.26 Å². The van der Waals surface area contributed by atoms with E-state index < -0.39 is 11.7 Å². The van der Waals surface area contributed by atoms with Gasteiger partial charge in [0.2, 0.25) is 0 Å². The molecular formula is C13H19NO2S. The van der Waals surface area contributed by atoms with E-state index in [1.165, 1.54) is 5.56 Å². The molecule has 0 heterocycles. The molecule has 1 amide bonds. The highest BCUT2D eigenvalue weighted by Gasteiger charge is 2.15. The molecule has 0 aliphatic rings. The number of benzene rings is 1. The zero-order chi connectivity index (χ0) is 12.9. The maximum absolute atomic E-state index is 11.5. The van der Waals surface area contributed by atoms with Crippen molar-refractivity contribution in [2.45, 2.75) is 32.1 Å². The van der Waals surface area contributed by atoms with Crippen LogP contribution in [0.4, 0.5) is 4.79 Å². The second-order valence-electron chi connectivity index (χ2n) is 4.80. The number of hydrogen-bond acceptors (Lipinski definition) is 2. The van der Waals surface area contributed by atoms with Gasteiger partial charge in [-0.15, -0.1) is 0 Å². The lowest BCUT2D eigenvalue weighted by atomic mass is 10.2. The van der Waals surface area contributed by atoms with Crippen LogP contribution in [0.5, 0.6) is 0 Å². The molecule has 1 aromatic carbocycles. The van der Waals surface area contributed by atoms with Gasteiger partial charge in [-0.25, -0.2) is 4.79 Å². The third-order valence-electron chi connectivity index (χ3n) is 1.84. The molecule has 94 valence electrons. The number of hydrogen-bond donors (Lipinski definition) is 0. The van der Waals surface area contributed by atoms with E-state index in [1.54, 1.807) is 0 Å². The van der Waals surface area contributed by atoms with Crippen LogP contribution in [-0.2, 0) is 21.2 Å². The predicted octanol–water partition coefficient (Wildman–Crippen LogP) is 3.55. The molecule has 0 aromatic heterocycles. The molecule has 0 fully saturated rings. The topological polar surface area (TPSA) is 38.7 Å². The molecule has 0 aliphatic heterocycles. The van der Waals surface area contributed by atoms with Gasteiger partial charge >= 0.3 is 6.09 Å². The van der Waals surface area contributed by atoms with E-state index in [0.29, 0.717) is 0 Å². The van der Waals surface area contributed by atoms with Gasteiger partial charge in [0, 0.05) is 5.75 Å². The number of carbonyl (C=O) groups is 1. The molecule has 0 saturated carbocycles. The van der Waals surface area contributed by atoms with Crippen molar-refractivity contribution >= 4 is 16.8 Å². The summed E-state index contributed by atoms with van der Waals surface area (Å²) in [5.41, 5.74) is 0.711. The molecule has 0 radical (unpaired) electrons. The smallest absolute Gasteiger partial charge is 0.440 e. The second-order valence-corrected chi connectivity index (χ2v) is 6.47. The Morgan fingerprint density at radius 1 is 1.29 bits per heavy atom. The number of amides is 1. The van der Waals surface area contributed by atoms with Crippen LogP contribution in [0.1, 0.15) is 26.3 Å². The Bertz CT molecular complexity index is 407. The van der Waals surface area contributed by atoms with E-state index in [0.717, 1.165) is 5.75 Å². The maximum Gasteiger partial charge on any atom is 0.440 e. The minimum Gasteiger partial charge on any atom is -0.442 e. The first kappa shape index (κ1) is 13.9. The van der Waals surface area contributed by atoms with Gasteiger partial charge in [-0.2, -0.15) is 4.36 Å². The number of carbonyl (C=O) groups excluding carboxylic acids is 1. The van der Waals surface area contributed by atoms with Crippen LogP contribution in [-0.4, -0.2) is 18.0 Å². The lowest BCUT2D eigenvalue weighted by molar-refractivity contribution is 0.0608. The molecule has 1 rings (SSSR count). The van der Waals surface area contributed by atoms with Gasteiger partial charge in [-0.05, 0) is 32.6 Å². The largest absolute Gasteiger partial charge is 0.442 e. The summed E-state index contributed by atoms with van der Waals surface area (Å²) in [7, 11) is -0.335. The van der Waals surface area contributed by atoms with Crippen LogP contribution in [0, 0.1) is 0 Å². The highest BCUT2D eigenvalue weighted by Crippen LogP contribution is 2.09. The standard InChI is InChI=1S/C13H19NO2S/c1-13(2,3)16-12(15)14-17(4)10-11-8-6-5-7-9-11/h5-9H,10H2,1-4H3. The first-order valence-electron chi connectivity index (χ1n) is 5.48. The summed E-state index contributed by atoms with van der Waals surface area (Å²) >= 11 is 0. The summed E-state index contributed by atoms with van der Waals surface area (Å²) in [5.74, 6) is 0.778. The van der Waals surface area contributed by atoms with Crippen LogP contribution >= 0.6 is 0 Å². The van der Waals surface area contributed by atoms with Gasteiger partial charge in [0.05, 0.1) is 0 Å². The average molecular weight is 253 g/mol. The van der Waals surface area contributed by atoms with Gasteiger partial charge in [-0.3, -0.25) is 0 Å². The third-order valence-corrected chi connectivity index (χ3v) is 3.05. The molecule has 0 N–H and O–H groups in total.